The molecule has 0 aliphatic rings. The third-order valence-corrected chi connectivity index (χ3v) is 3.49. The summed E-state index contributed by atoms with van der Waals surface area (Å²) < 4.78 is 10.5. The van der Waals surface area contributed by atoms with Crippen LogP contribution in [0.2, 0.25) is 0 Å². The van der Waals surface area contributed by atoms with Crippen molar-refractivity contribution in [2.24, 2.45) is 0 Å². The highest BCUT2D eigenvalue weighted by Crippen LogP contribution is 2.18. The Morgan fingerprint density at radius 2 is 1.83 bits per heavy atom. The predicted octanol–water partition coefficient (Wildman–Crippen LogP) is 3.23. The maximum absolute atomic E-state index is 12.5. The summed E-state index contributed by atoms with van der Waals surface area (Å²) in [5, 5.41) is 3.76. The Bertz CT molecular complexity index is 813. The lowest BCUT2D eigenvalue weighted by molar-refractivity contribution is 0.0993. The quantitative estimate of drug-likeness (QED) is 0.721. The van der Waals surface area contributed by atoms with E-state index in [0.717, 1.165) is 5.69 Å². The second-order valence-corrected chi connectivity index (χ2v) is 5.24. The lowest BCUT2D eigenvalue weighted by Gasteiger charge is -2.17. The monoisotopic (exact) mass is 323 g/mol. The highest BCUT2D eigenvalue weighted by atomic mass is 16.5. The van der Waals surface area contributed by atoms with Gasteiger partial charge in [-0.2, -0.15) is 4.98 Å². The van der Waals surface area contributed by atoms with Crippen LogP contribution in [0.4, 0.5) is 5.69 Å². The fraction of sp³-hybridized carbons (Fsp3) is 0.167. The van der Waals surface area contributed by atoms with E-state index < -0.39 is 0 Å². The Kier molecular flexibility index (Phi) is 4.56. The number of hydrogen-bond donors (Lipinski definition) is 0. The largest absolute Gasteiger partial charge is 0.485 e. The van der Waals surface area contributed by atoms with Crippen molar-refractivity contribution in [3.05, 3.63) is 71.9 Å². The molecular formula is C18H17N3O3. The number of rotatable bonds is 5. The van der Waals surface area contributed by atoms with E-state index in [1.54, 1.807) is 43.1 Å². The van der Waals surface area contributed by atoms with E-state index in [1.165, 1.54) is 0 Å². The van der Waals surface area contributed by atoms with Crippen molar-refractivity contribution in [2.45, 2.75) is 13.5 Å². The van der Waals surface area contributed by atoms with Gasteiger partial charge in [0.2, 0.25) is 11.7 Å². The minimum absolute atomic E-state index is 0.0819. The van der Waals surface area contributed by atoms with Gasteiger partial charge in [-0.15, -0.1) is 0 Å². The van der Waals surface area contributed by atoms with E-state index in [2.05, 4.69) is 10.1 Å². The van der Waals surface area contributed by atoms with E-state index in [4.69, 9.17) is 9.26 Å². The van der Waals surface area contributed by atoms with Crippen molar-refractivity contribution in [1.82, 2.24) is 10.1 Å². The summed E-state index contributed by atoms with van der Waals surface area (Å²) in [4.78, 5) is 18.2. The van der Waals surface area contributed by atoms with Gasteiger partial charge in [-0.25, -0.2) is 0 Å². The first kappa shape index (κ1) is 15.7. The minimum Gasteiger partial charge on any atom is -0.485 e. The first-order chi connectivity index (χ1) is 11.6. The average molecular weight is 323 g/mol. The molecule has 0 saturated heterocycles. The molecule has 0 unspecified atom stereocenters. The number of carbonyl (C=O) groups excluding carboxylic acids is 1. The molecular weight excluding hydrogens is 306 g/mol. The Morgan fingerprint density at radius 1 is 1.12 bits per heavy atom. The molecule has 1 amide bonds. The molecule has 3 aromatic rings. The SMILES string of the molecule is Cc1nc(COc2ccc(C(=O)N(C)c3ccccc3)cc2)no1. The van der Waals surface area contributed by atoms with Gasteiger partial charge in [0.05, 0.1) is 0 Å². The molecule has 1 aromatic heterocycles. The van der Waals surface area contributed by atoms with Gasteiger partial charge in [0.1, 0.15) is 5.75 Å². The van der Waals surface area contributed by atoms with Crippen LogP contribution >= 0.6 is 0 Å². The van der Waals surface area contributed by atoms with Crippen LogP contribution in [0.5, 0.6) is 5.75 Å². The van der Waals surface area contributed by atoms with E-state index in [1.807, 2.05) is 30.3 Å². The van der Waals surface area contributed by atoms with Gasteiger partial charge in [0, 0.05) is 25.2 Å². The Hall–Kier alpha value is -3.15. The van der Waals surface area contributed by atoms with Crippen LogP contribution < -0.4 is 9.64 Å². The number of hydrogen-bond acceptors (Lipinski definition) is 5. The van der Waals surface area contributed by atoms with Crippen molar-refractivity contribution < 1.29 is 14.1 Å². The zero-order valence-corrected chi connectivity index (χ0v) is 13.5. The molecule has 0 radical (unpaired) electrons. The highest BCUT2D eigenvalue weighted by molar-refractivity contribution is 6.05. The van der Waals surface area contributed by atoms with Crippen LogP contribution in [0.15, 0.2) is 59.1 Å². The standard InChI is InChI=1S/C18H17N3O3/c1-13-19-17(20-24-13)12-23-16-10-8-14(9-11-16)18(22)21(2)15-6-4-3-5-7-15/h3-11H,12H2,1-2H3. The average Bonchev–Trinajstić information content (AvgIpc) is 3.05. The van der Waals surface area contributed by atoms with Crippen molar-refractivity contribution in [3.63, 3.8) is 0 Å². The number of nitrogens with zero attached hydrogens (tertiary/aromatic N) is 3. The van der Waals surface area contributed by atoms with Gasteiger partial charge in [0.15, 0.2) is 6.61 Å². The van der Waals surface area contributed by atoms with E-state index >= 15 is 0 Å². The topological polar surface area (TPSA) is 68.5 Å². The molecule has 0 fully saturated rings. The molecule has 24 heavy (non-hydrogen) atoms. The maximum Gasteiger partial charge on any atom is 0.258 e. The molecule has 6 nitrogen and oxygen atoms in total. The lowest BCUT2D eigenvalue weighted by atomic mass is 10.2. The second-order valence-electron chi connectivity index (χ2n) is 5.24. The van der Waals surface area contributed by atoms with Crippen LogP contribution in [0.3, 0.4) is 0 Å². The van der Waals surface area contributed by atoms with Gasteiger partial charge >= 0.3 is 0 Å². The van der Waals surface area contributed by atoms with Crippen molar-refractivity contribution in [2.75, 3.05) is 11.9 Å². The number of benzene rings is 2. The Labute approximate surface area is 139 Å². The number of carbonyl (C=O) groups is 1. The van der Waals surface area contributed by atoms with Gasteiger partial charge in [0.25, 0.3) is 5.91 Å². The molecule has 3 rings (SSSR count). The lowest BCUT2D eigenvalue weighted by Crippen LogP contribution is -2.25. The minimum atomic E-state index is -0.0819. The smallest absolute Gasteiger partial charge is 0.258 e. The zero-order valence-electron chi connectivity index (χ0n) is 13.5. The summed E-state index contributed by atoms with van der Waals surface area (Å²) in [5.41, 5.74) is 1.43. The molecule has 0 spiro atoms. The molecule has 1 heterocycles. The van der Waals surface area contributed by atoms with E-state index in [-0.39, 0.29) is 12.5 Å². The first-order valence-corrected chi connectivity index (χ1v) is 7.48. The van der Waals surface area contributed by atoms with Crippen LogP contribution in [-0.4, -0.2) is 23.1 Å². The van der Waals surface area contributed by atoms with Crippen molar-refractivity contribution >= 4 is 11.6 Å². The van der Waals surface area contributed by atoms with Crippen LogP contribution in [0.1, 0.15) is 22.1 Å². The molecule has 0 saturated carbocycles. The molecule has 2 aromatic carbocycles. The summed E-state index contributed by atoms with van der Waals surface area (Å²) in [6.07, 6.45) is 0. The summed E-state index contributed by atoms with van der Waals surface area (Å²) in [6.45, 7) is 1.94. The van der Waals surface area contributed by atoms with Crippen molar-refractivity contribution in [1.29, 1.82) is 0 Å². The van der Waals surface area contributed by atoms with E-state index in [0.29, 0.717) is 23.0 Å². The molecule has 122 valence electrons. The summed E-state index contributed by atoms with van der Waals surface area (Å²) in [6, 6.07) is 16.5. The van der Waals surface area contributed by atoms with Crippen molar-refractivity contribution in [3.8, 4) is 5.75 Å². The number of amides is 1. The predicted molar refractivity (Wildman–Crippen MR) is 89.0 cm³/mol. The Morgan fingerprint density at radius 3 is 2.46 bits per heavy atom. The molecule has 0 bridgehead atoms. The van der Waals surface area contributed by atoms with Gasteiger partial charge in [-0.3, -0.25) is 4.79 Å². The number of aryl methyl sites for hydroxylation is 1. The molecule has 0 aliphatic carbocycles. The van der Waals surface area contributed by atoms with Crippen LogP contribution in [-0.2, 0) is 6.61 Å². The third-order valence-electron chi connectivity index (χ3n) is 3.49. The summed E-state index contributed by atoms with van der Waals surface area (Å²) in [5.74, 6) is 1.54. The second kappa shape index (κ2) is 6.95. The van der Waals surface area contributed by atoms with Crippen LogP contribution in [0, 0.1) is 6.92 Å². The first-order valence-electron chi connectivity index (χ1n) is 7.48. The zero-order chi connectivity index (χ0) is 16.9. The van der Waals surface area contributed by atoms with Gasteiger partial charge in [-0.05, 0) is 36.4 Å². The molecule has 0 aliphatic heterocycles. The Balaban J connectivity index is 1.64. The van der Waals surface area contributed by atoms with E-state index in [9.17, 15) is 4.79 Å². The van der Waals surface area contributed by atoms with Gasteiger partial charge < -0.3 is 14.2 Å². The number of ether oxygens (including phenoxy) is 1. The maximum atomic E-state index is 12.5. The number of para-hydroxylation sites is 1. The number of aromatic nitrogens is 2. The van der Waals surface area contributed by atoms with Crippen LogP contribution in [0.25, 0.3) is 0 Å². The summed E-state index contributed by atoms with van der Waals surface area (Å²) in [7, 11) is 1.75. The number of anilines is 1. The molecule has 0 atom stereocenters. The summed E-state index contributed by atoms with van der Waals surface area (Å²) >= 11 is 0. The fourth-order valence-electron chi connectivity index (χ4n) is 2.20. The molecule has 0 N–H and O–H groups in total. The highest BCUT2D eigenvalue weighted by Gasteiger charge is 2.13. The van der Waals surface area contributed by atoms with Gasteiger partial charge in [-0.1, -0.05) is 23.4 Å². The molecule has 6 heteroatoms. The normalized spacial score (nSPS) is 10.4. The third kappa shape index (κ3) is 3.60. The fourth-order valence-corrected chi connectivity index (χ4v) is 2.20.